The molecule has 0 saturated heterocycles. The van der Waals surface area contributed by atoms with Crippen molar-refractivity contribution in [1.29, 1.82) is 0 Å². The monoisotopic (exact) mass is 472 g/mol. The number of amides is 2. The Morgan fingerprint density at radius 1 is 1.15 bits per heavy atom. The van der Waals surface area contributed by atoms with Gasteiger partial charge in [0.1, 0.15) is 4.83 Å². The minimum atomic E-state index is -0.240. The van der Waals surface area contributed by atoms with E-state index in [-0.39, 0.29) is 36.4 Å². The number of aromatic nitrogens is 2. The SMILES string of the molecule is Cc1ccc(-c2csc3ncn(CCC(=O)Nc4cccc(C(=O)NC5CC5)c4)c(=O)c23)cc1. The van der Waals surface area contributed by atoms with Crippen molar-refractivity contribution in [3.05, 3.63) is 81.7 Å². The number of anilines is 1. The van der Waals surface area contributed by atoms with Gasteiger partial charge in [0.05, 0.1) is 11.7 Å². The van der Waals surface area contributed by atoms with Crippen LogP contribution in [0.5, 0.6) is 0 Å². The fourth-order valence-corrected chi connectivity index (χ4v) is 4.66. The lowest BCUT2D eigenvalue weighted by atomic mass is 10.1. The van der Waals surface area contributed by atoms with Gasteiger partial charge in [-0.15, -0.1) is 11.3 Å². The molecule has 2 N–H and O–H groups in total. The Bertz CT molecular complexity index is 1430. The second-order valence-electron chi connectivity index (χ2n) is 8.57. The summed E-state index contributed by atoms with van der Waals surface area (Å²) in [4.78, 5) is 43.1. The maximum absolute atomic E-state index is 13.2. The van der Waals surface area contributed by atoms with E-state index in [0.29, 0.717) is 21.5 Å². The number of fused-ring (bicyclic) bond motifs is 1. The minimum Gasteiger partial charge on any atom is -0.349 e. The summed E-state index contributed by atoms with van der Waals surface area (Å²) in [5, 5.41) is 8.28. The van der Waals surface area contributed by atoms with Crippen LogP contribution in [0.2, 0.25) is 0 Å². The zero-order valence-electron chi connectivity index (χ0n) is 18.7. The molecule has 2 heterocycles. The van der Waals surface area contributed by atoms with Crippen LogP contribution in [0.1, 0.15) is 35.2 Å². The lowest BCUT2D eigenvalue weighted by Crippen LogP contribution is -2.25. The van der Waals surface area contributed by atoms with Gasteiger partial charge in [0.2, 0.25) is 5.91 Å². The molecule has 0 radical (unpaired) electrons. The van der Waals surface area contributed by atoms with Crippen molar-refractivity contribution in [3.63, 3.8) is 0 Å². The second-order valence-corrected chi connectivity index (χ2v) is 9.42. The van der Waals surface area contributed by atoms with Gasteiger partial charge in [-0.2, -0.15) is 0 Å². The van der Waals surface area contributed by atoms with Crippen molar-refractivity contribution < 1.29 is 9.59 Å². The van der Waals surface area contributed by atoms with Crippen LogP contribution in [-0.2, 0) is 11.3 Å². The summed E-state index contributed by atoms with van der Waals surface area (Å²) in [5.41, 5.74) is 3.88. The van der Waals surface area contributed by atoms with Crippen LogP contribution in [0.3, 0.4) is 0 Å². The molecule has 0 atom stereocenters. The van der Waals surface area contributed by atoms with Gasteiger partial charge in [0, 0.05) is 41.2 Å². The van der Waals surface area contributed by atoms with Crippen molar-refractivity contribution in [3.8, 4) is 11.1 Å². The maximum Gasteiger partial charge on any atom is 0.262 e. The first kappa shape index (κ1) is 22.0. The number of rotatable bonds is 7. The highest BCUT2D eigenvalue weighted by Crippen LogP contribution is 2.30. The molecule has 2 aromatic heterocycles. The van der Waals surface area contributed by atoms with Gasteiger partial charge in [-0.25, -0.2) is 4.98 Å². The van der Waals surface area contributed by atoms with Gasteiger partial charge < -0.3 is 10.6 Å². The Morgan fingerprint density at radius 3 is 2.71 bits per heavy atom. The Hall–Kier alpha value is -3.78. The molecule has 5 rings (SSSR count). The van der Waals surface area contributed by atoms with Crippen LogP contribution < -0.4 is 16.2 Å². The van der Waals surface area contributed by atoms with Gasteiger partial charge >= 0.3 is 0 Å². The summed E-state index contributed by atoms with van der Waals surface area (Å²) in [5.74, 6) is -0.375. The van der Waals surface area contributed by atoms with Gasteiger partial charge in [0.25, 0.3) is 11.5 Å². The number of nitrogens with zero attached hydrogens (tertiary/aromatic N) is 2. The highest BCUT2D eigenvalue weighted by Gasteiger charge is 2.23. The number of carbonyl (C=O) groups excluding carboxylic acids is 2. The van der Waals surface area contributed by atoms with E-state index in [0.717, 1.165) is 29.5 Å². The molecule has 0 spiro atoms. The summed E-state index contributed by atoms with van der Waals surface area (Å²) < 4.78 is 1.48. The average molecular weight is 473 g/mol. The van der Waals surface area contributed by atoms with Crippen LogP contribution in [0, 0.1) is 6.92 Å². The number of hydrogen-bond donors (Lipinski definition) is 2. The zero-order chi connectivity index (χ0) is 23.7. The van der Waals surface area contributed by atoms with Crippen molar-refractivity contribution in [2.24, 2.45) is 0 Å². The topological polar surface area (TPSA) is 93.1 Å². The van der Waals surface area contributed by atoms with Gasteiger partial charge in [0.15, 0.2) is 0 Å². The van der Waals surface area contributed by atoms with E-state index in [1.807, 2.05) is 36.6 Å². The van der Waals surface area contributed by atoms with Crippen molar-refractivity contribution in [2.75, 3.05) is 5.32 Å². The number of benzene rings is 2. The minimum absolute atomic E-state index is 0.107. The highest BCUT2D eigenvalue weighted by molar-refractivity contribution is 7.17. The lowest BCUT2D eigenvalue weighted by Gasteiger charge is -2.09. The molecule has 172 valence electrons. The molecular weight excluding hydrogens is 448 g/mol. The van der Waals surface area contributed by atoms with E-state index in [9.17, 15) is 14.4 Å². The third-order valence-corrected chi connectivity index (χ3v) is 6.71. The molecule has 8 heteroatoms. The van der Waals surface area contributed by atoms with Gasteiger partial charge in [-0.1, -0.05) is 35.9 Å². The predicted molar refractivity (Wildman–Crippen MR) is 134 cm³/mol. The average Bonchev–Trinajstić information content (AvgIpc) is 3.54. The highest BCUT2D eigenvalue weighted by atomic mass is 32.1. The molecular formula is C26H24N4O3S. The van der Waals surface area contributed by atoms with Crippen LogP contribution in [0.25, 0.3) is 21.3 Å². The van der Waals surface area contributed by atoms with E-state index in [2.05, 4.69) is 15.6 Å². The first-order valence-electron chi connectivity index (χ1n) is 11.2. The molecule has 2 aromatic carbocycles. The standard InChI is InChI=1S/C26H24N4O3S/c1-16-5-7-17(8-6-16)21-14-34-25-23(21)26(33)30(15-27-25)12-11-22(31)28-20-4-2-3-18(13-20)24(32)29-19-9-10-19/h2-8,13-15,19H,9-12H2,1H3,(H,28,31)(H,29,32). The Kier molecular flexibility index (Phi) is 5.98. The van der Waals surface area contributed by atoms with Crippen LogP contribution in [-0.4, -0.2) is 27.4 Å². The van der Waals surface area contributed by atoms with Crippen molar-refractivity contribution in [2.45, 2.75) is 38.8 Å². The Morgan fingerprint density at radius 2 is 1.94 bits per heavy atom. The molecule has 34 heavy (non-hydrogen) atoms. The van der Waals surface area contributed by atoms with E-state index in [1.165, 1.54) is 22.2 Å². The number of hydrogen-bond acceptors (Lipinski definition) is 5. The smallest absolute Gasteiger partial charge is 0.262 e. The second kappa shape index (κ2) is 9.23. The third kappa shape index (κ3) is 4.77. The molecule has 0 unspecified atom stereocenters. The Balaban J connectivity index is 1.28. The number of carbonyl (C=O) groups is 2. The summed E-state index contributed by atoms with van der Waals surface area (Å²) in [6, 6.07) is 15.2. The molecule has 1 aliphatic rings. The zero-order valence-corrected chi connectivity index (χ0v) is 19.5. The van der Waals surface area contributed by atoms with E-state index >= 15 is 0 Å². The Labute approximate surface area is 200 Å². The van der Waals surface area contributed by atoms with E-state index in [1.54, 1.807) is 24.3 Å². The lowest BCUT2D eigenvalue weighted by molar-refractivity contribution is -0.116. The molecule has 0 aliphatic heterocycles. The molecule has 7 nitrogen and oxygen atoms in total. The van der Waals surface area contributed by atoms with Gasteiger partial charge in [-0.3, -0.25) is 19.0 Å². The van der Waals surface area contributed by atoms with Gasteiger partial charge in [-0.05, 0) is 43.5 Å². The summed E-state index contributed by atoms with van der Waals surface area (Å²) in [6.07, 6.45) is 3.63. The van der Waals surface area contributed by atoms with Crippen molar-refractivity contribution >= 4 is 39.1 Å². The molecule has 2 amide bonds. The summed E-state index contributed by atoms with van der Waals surface area (Å²) >= 11 is 1.44. The quantitative estimate of drug-likeness (QED) is 0.418. The fourth-order valence-electron chi connectivity index (χ4n) is 3.75. The molecule has 1 saturated carbocycles. The number of aryl methyl sites for hydroxylation is 2. The normalized spacial score (nSPS) is 13.1. The van der Waals surface area contributed by atoms with Crippen LogP contribution in [0.4, 0.5) is 5.69 Å². The van der Waals surface area contributed by atoms with E-state index in [4.69, 9.17) is 0 Å². The first-order chi connectivity index (χ1) is 16.5. The van der Waals surface area contributed by atoms with Crippen LogP contribution >= 0.6 is 11.3 Å². The maximum atomic E-state index is 13.2. The summed E-state index contributed by atoms with van der Waals surface area (Å²) in [7, 11) is 0. The van der Waals surface area contributed by atoms with Crippen molar-refractivity contribution in [1.82, 2.24) is 14.9 Å². The molecule has 1 aliphatic carbocycles. The molecule has 0 bridgehead atoms. The number of nitrogens with one attached hydrogen (secondary N) is 2. The first-order valence-corrected chi connectivity index (χ1v) is 12.1. The fraction of sp³-hybridized carbons (Fsp3) is 0.231. The van der Waals surface area contributed by atoms with E-state index < -0.39 is 0 Å². The number of thiophene rings is 1. The molecule has 4 aromatic rings. The predicted octanol–water partition coefficient (Wildman–Crippen LogP) is 4.35. The molecule has 1 fully saturated rings. The third-order valence-electron chi connectivity index (χ3n) is 5.82. The van der Waals surface area contributed by atoms with Crippen LogP contribution in [0.15, 0.2) is 65.0 Å². The summed E-state index contributed by atoms with van der Waals surface area (Å²) in [6.45, 7) is 2.23. The largest absolute Gasteiger partial charge is 0.349 e.